The fourth-order valence-electron chi connectivity index (χ4n) is 2.16. The molecule has 0 aromatic heterocycles. The smallest absolute Gasteiger partial charge is 0.332 e. The minimum Gasteiger partial charge on any atom is -0.479 e. The summed E-state index contributed by atoms with van der Waals surface area (Å²) in [6, 6.07) is -0.322. The molecule has 2 atom stereocenters. The molecule has 8 heteroatoms. The number of aliphatic carboxylic acids is 1. The van der Waals surface area contributed by atoms with Gasteiger partial charge in [0.15, 0.2) is 6.10 Å². The lowest BCUT2D eigenvalue weighted by atomic mass is 10.2. The van der Waals surface area contributed by atoms with E-state index in [1.165, 1.54) is 4.90 Å². The molecule has 2 aliphatic rings. The number of rotatable bonds is 3. The van der Waals surface area contributed by atoms with E-state index in [1.807, 2.05) is 0 Å². The maximum atomic E-state index is 11.8. The zero-order valence-corrected chi connectivity index (χ0v) is 10.4. The predicted molar refractivity (Wildman–Crippen MR) is 63.5 cm³/mol. The van der Waals surface area contributed by atoms with Gasteiger partial charge in [-0.2, -0.15) is 0 Å². The van der Waals surface area contributed by atoms with Crippen LogP contribution in [0.5, 0.6) is 0 Å². The van der Waals surface area contributed by atoms with Crippen LogP contribution >= 0.6 is 0 Å². The van der Waals surface area contributed by atoms with Gasteiger partial charge in [-0.1, -0.05) is 0 Å². The lowest BCUT2D eigenvalue weighted by Gasteiger charge is -2.27. The second kappa shape index (κ2) is 5.87. The molecule has 0 radical (unpaired) electrons. The number of hydrogen-bond donors (Lipinski definition) is 3. The van der Waals surface area contributed by atoms with Crippen molar-refractivity contribution in [3.05, 3.63) is 0 Å². The summed E-state index contributed by atoms with van der Waals surface area (Å²) in [5.41, 5.74) is 0. The highest BCUT2D eigenvalue weighted by Crippen LogP contribution is 2.19. The van der Waals surface area contributed by atoms with Crippen LogP contribution in [0.3, 0.4) is 0 Å². The van der Waals surface area contributed by atoms with Crippen LogP contribution in [0, 0.1) is 0 Å². The van der Waals surface area contributed by atoms with Crippen molar-refractivity contribution in [1.29, 1.82) is 0 Å². The molecular weight excluding hydrogens is 254 g/mol. The van der Waals surface area contributed by atoms with Gasteiger partial charge >= 0.3 is 12.0 Å². The van der Waals surface area contributed by atoms with Crippen LogP contribution < -0.4 is 10.6 Å². The summed E-state index contributed by atoms with van der Waals surface area (Å²) in [5.74, 6) is -1.15. The highest BCUT2D eigenvalue weighted by Gasteiger charge is 2.31. The summed E-state index contributed by atoms with van der Waals surface area (Å²) in [6.07, 6.45) is 0.0195. The third-order valence-electron chi connectivity index (χ3n) is 3.19. The highest BCUT2D eigenvalue weighted by atomic mass is 16.5. The molecule has 0 bridgehead atoms. The Morgan fingerprint density at radius 2 is 2.26 bits per heavy atom. The molecule has 3 amide bonds. The van der Waals surface area contributed by atoms with Gasteiger partial charge in [-0.3, -0.25) is 4.79 Å². The number of nitrogens with zero attached hydrogens (tertiary/aromatic N) is 1. The van der Waals surface area contributed by atoms with E-state index in [-0.39, 0.29) is 31.1 Å². The van der Waals surface area contributed by atoms with Gasteiger partial charge < -0.3 is 25.4 Å². The standard InChI is InChI=1S/C11H17N3O5/c15-9-6-14(4-3-12-9)11(18)13-5-7-1-2-8(19-7)10(16)17/h7-8H,1-6H2,(H,12,15)(H,13,18)(H,16,17). The largest absolute Gasteiger partial charge is 0.479 e. The molecule has 0 saturated carbocycles. The summed E-state index contributed by atoms with van der Waals surface area (Å²) < 4.78 is 5.27. The number of carbonyl (C=O) groups is 3. The molecule has 2 rings (SSSR count). The Bertz CT molecular complexity index is 387. The van der Waals surface area contributed by atoms with Crippen LogP contribution in [0.25, 0.3) is 0 Å². The number of carbonyl (C=O) groups excluding carboxylic acids is 2. The summed E-state index contributed by atoms with van der Waals surface area (Å²) in [5, 5.41) is 14.1. The lowest BCUT2D eigenvalue weighted by Crippen LogP contribution is -2.53. The summed E-state index contributed by atoms with van der Waals surface area (Å²) >= 11 is 0. The number of ether oxygens (including phenoxy) is 1. The number of nitrogens with one attached hydrogen (secondary N) is 2. The molecule has 2 unspecified atom stereocenters. The summed E-state index contributed by atoms with van der Waals surface area (Å²) in [4.78, 5) is 35.0. The zero-order chi connectivity index (χ0) is 13.8. The quantitative estimate of drug-likeness (QED) is 0.595. The molecule has 0 aromatic rings. The molecule has 3 N–H and O–H groups in total. The first kappa shape index (κ1) is 13.6. The van der Waals surface area contributed by atoms with E-state index >= 15 is 0 Å². The van der Waals surface area contributed by atoms with E-state index < -0.39 is 12.1 Å². The van der Waals surface area contributed by atoms with Gasteiger partial charge in [0.05, 0.1) is 6.10 Å². The lowest BCUT2D eigenvalue weighted by molar-refractivity contribution is -0.149. The molecular formula is C11H17N3O5. The summed E-state index contributed by atoms with van der Waals surface area (Å²) in [6.45, 7) is 1.24. The Kier molecular flexibility index (Phi) is 4.20. The van der Waals surface area contributed by atoms with Crippen molar-refractivity contribution in [3.63, 3.8) is 0 Å². The van der Waals surface area contributed by atoms with E-state index in [2.05, 4.69) is 10.6 Å². The molecule has 2 aliphatic heterocycles. The van der Waals surface area contributed by atoms with Crippen molar-refractivity contribution in [1.82, 2.24) is 15.5 Å². The van der Waals surface area contributed by atoms with Crippen LogP contribution in [0.4, 0.5) is 4.79 Å². The first-order chi connectivity index (χ1) is 9.06. The average Bonchev–Trinajstić information content (AvgIpc) is 2.85. The molecule has 8 nitrogen and oxygen atoms in total. The second-order valence-corrected chi connectivity index (χ2v) is 4.62. The van der Waals surface area contributed by atoms with Crippen LogP contribution in [-0.2, 0) is 14.3 Å². The van der Waals surface area contributed by atoms with Gasteiger partial charge in [-0.15, -0.1) is 0 Å². The number of carboxylic acids is 1. The molecule has 19 heavy (non-hydrogen) atoms. The molecule has 0 aromatic carbocycles. The number of amides is 3. The van der Waals surface area contributed by atoms with Gasteiger partial charge in [0.25, 0.3) is 0 Å². The Morgan fingerprint density at radius 1 is 1.47 bits per heavy atom. The zero-order valence-electron chi connectivity index (χ0n) is 10.4. The van der Waals surface area contributed by atoms with Crippen molar-refractivity contribution in [2.45, 2.75) is 25.0 Å². The van der Waals surface area contributed by atoms with Crippen LogP contribution in [0.1, 0.15) is 12.8 Å². The number of hydrogen-bond acceptors (Lipinski definition) is 4. The van der Waals surface area contributed by atoms with Gasteiger partial charge in [0.2, 0.25) is 5.91 Å². The molecule has 106 valence electrons. The Labute approximate surface area is 110 Å². The molecule has 2 saturated heterocycles. The molecule has 0 spiro atoms. The molecule has 2 fully saturated rings. The van der Waals surface area contributed by atoms with E-state index in [4.69, 9.17) is 9.84 Å². The predicted octanol–water partition coefficient (Wildman–Crippen LogP) is -1.24. The van der Waals surface area contributed by atoms with E-state index in [0.29, 0.717) is 25.9 Å². The number of piperazine rings is 1. The maximum Gasteiger partial charge on any atom is 0.332 e. The van der Waals surface area contributed by atoms with Crippen molar-refractivity contribution in [3.8, 4) is 0 Å². The van der Waals surface area contributed by atoms with Gasteiger partial charge in [0, 0.05) is 19.6 Å². The fourth-order valence-corrected chi connectivity index (χ4v) is 2.16. The first-order valence-electron chi connectivity index (χ1n) is 6.24. The van der Waals surface area contributed by atoms with Crippen molar-refractivity contribution < 1.29 is 24.2 Å². The number of urea groups is 1. The van der Waals surface area contributed by atoms with E-state index in [9.17, 15) is 14.4 Å². The van der Waals surface area contributed by atoms with Crippen LogP contribution in [-0.4, -0.2) is 66.3 Å². The third kappa shape index (κ3) is 3.57. The summed E-state index contributed by atoms with van der Waals surface area (Å²) in [7, 11) is 0. The first-order valence-corrected chi connectivity index (χ1v) is 6.24. The van der Waals surface area contributed by atoms with E-state index in [1.54, 1.807) is 0 Å². The topological polar surface area (TPSA) is 108 Å². The van der Waals surface area contributed by atoms with Gasteiger partial charge in [0.1, 0.15) is 6.54 Å². The highest BCUT2D eigenvalue weighted by molar-refractivity contribution is 5.85. The minimum atomic E-state index is -0.971. The SMILES string of the molecule is O=C1CN(C(=O)NCC2CCC(C(=O)O)O2)CCN1. The Hall–Kier alpha value is -1.83. The van der Waals surface area contributed by atoms with Crippen LogP contribution in [0.2, 0.25) is 0 Å². The van der Waals surface area contributed by atoms with Crippen molar-refractivity contribution in [2.24, 2.45) is 0 Å². The van der Waals surface area contributed by atoms with Crippen molar-refractivity contribution in [2.75, 3.05) is 26.2 Å². The number of carboxylic acid groups (broad SMARTS) is 1. The van der Waals surface area contributed by atoms with Gasteiger partial charge in [-0.25, -0.2) is 9.59 Å². The van der Waals surface area contributed by atoms with Crippen molar-refractivity contribution >= 4 is 17.9 Å². The Balaban J connectivity index is 1.72. The Morgan fingerprint density at radius 3 is 2.89 bits per heavy atom. The second-order valence-electron chi connectivity index (χ2n) is 4.62. The third-order valence-corrected chi connectivity index (χ3v) is 3.19. The normalized spacial score (nSPS) is 26.9. The average molecular weight is 271 g/mol. The molecule has 0 aliphatic carbocycles. The minimum absolute atomic E-state index is 0.0507. The molecule has 2 heterocycles. The fraction of sp³-hybridized carbons (Fsp3) is 0.727. The maximum absolute atomic E-state index is 11.8. The van der Waals surface area contributed by atoms with Crippen LogP contribution in [0.15, 0.2) is 0 Å². The van der Waals surface area contributed by atoms with E-state index in [0.717, 1.165) is 0 Å². The van der Waals surface area contributed by atoms with Gasteiger partial charge in [-0.05, 0) is 12.8 Å². The monoisotopic (exact) mass is 271 g/mol.